The van der Waals surface area contributed by atoms with E-state index < -0.39 is 15.9 Å². The first-order valence-corrected chi connectivity index (χ1v) is 11.1. The zero-order valence-electron chi connectivity index (χ0n) is 15.4. The number of rotatable bonds is 3. The maximum Gasteiger partial charge on any atom is 0.279 e. The molecule has 1 unspecified atom stereocenters. The Kier molecular flexibility index (Phi) is 4.68. The normalized spacial score (nSPS) is 17.0. The van der Waals surface area contributed by atoms with E-state index in [1.54, 1.807) is 23.7 Å². The van der Waals surface area contributed by atoms with Crippen molar-refractivity contribution in [1.82, 2.24) is 4.57 Å². The van der Waals surface area contributed by atoms with Crippen molar-refractivity contribution in [1.29, 1.82) is 0 Å². The van der Waals surface area contributed by atoms with Gasteiger partial charge in [-0.1, -0.05) is 24.3 Å². The summed E-state index contributed by atoms with van der Waals surface area (Å²) in [6.07, 6.45) is 2.47. The molecule has 1 aliphatic rings. The van der Waals surface area contributed by atoms with Crippen LogP contribution >= 0.6 is 11.3 Å². The molecule has 1 aliphatic heterocycles. The van der Waals surface area contributed by atoms with Gasteiger partial charge in [0.25, 0.3) is 15.9 Å². The van der Waals surface area contributed by atoms with Crippen LogP contribution in [0.5, 0.6) is 0 Å². The maximum absolute atomic E-state index is 13.3. The zero-order valence-corrected chi connectivity index (χ0v) is 17.1. The lowest BCUT2D eigenvalue weighted by atomic mass is 10.1. The van der Waals surface area contributed by atoms with Crippen molar-refractivity contribution < 1.29 is 13.2 Å². The minimum atomic E-state index is -3.79. The SMILES string of the molecule is CC1Cc2ccccc2N1S(=O)(=O)c1cccc(C(=O)N=c2sccn2C)c1. The number of aromatic nitrogens is 1. The van der Waals surface area contributed by atoms with E-state index >= 15 is 0 Å². The van der Waals surface area contributed by atoms with Gasteiger partial charge in [0.2, 0.25) is 0 Å². The van der Waals surface area contributed by atoms with Gasteiger partial charge in [-0.3, -0.25) is 9.10 Å². The lowest BCUT2D eigenvalue weighted by molar-refractivity contribution is 0.0997. The number of amides is 1. The largest absolute Gasteiger partial charge is 0.327 e. The lowest BCUT2D eigenvalue weighted by Crippen LogP contribution is -2.35. The van der Waals surface area contributed by atoms with Gasteiger partial charge in [-0.05, 0) is 43.2 Å². The quantitative estimate of drug-likeness (QED) is 0.663. The van der Waals surface area contributed by atoms with Crippen molar-refractivity contribution in [3.8, 4) is 0 Å². The summed E-state index contributed by atoms with van der Waals surface area (Å²) in [5.41, 5.74) is 1.95. The topological polar surface area (TPSA) is 71.7 Å². The number of hydrogen-bond acceptors (Lipinski definition) is 4. The molecule has 0 aliphatic carbocycles. The third kappa shape index (κ3) is 3.18. The number of benzene rings is 2. The van der Waals surface area contributed by atoms with Gasteiger partial charge in [-0.25, -0.2) is 8.42 Å². The van der Waals surface area contributed by atoms with E-state index in [-0.39, 0.29) is 16.5 Å². The number of aryl methyl sites for hydroxylation is 1. The van der Waals surface area contributed by atoms with Crippen molar-refractivity contribution in [2.24, 2.45) is 12.0 Å². The monoisotopic (exact) mass is 413 g/mol. The number of hydrogen-bond donors (Lipinski definition) is 0. The summed E-state index contributed by atoms with van der Waals surface area (Å²) in [5.74, 6) is -0.468. The molecule has 0 saturated heterocycles. The average Bonchev–Trinajstić information content (AvgIpc) is 3.24. The van der Waals surface area contributed by atoms with Gasteiger partial charge in [0, 0.05) is 30.2 Å². The second-order valence-electron chi connectivity index (χ2n) is 6.72. The minimum Gasteiger partial charge on any atom is -0.327 e. The standard InChI is InChI=1S/C20H19N3O3S2/c1-14-12-15-6-3-4-9-18(15)23(14)28(25,26)17-8-5-7-16(13-17)19(24)21-20-22(2)10-11-27-20/h3-11,13-14H,12H2,1-2H3. The molecular formula is C20H19N3O3S2. The Bertz CT molecular complexity index is 1220. The second-order valence-corrected chi connectivity index (χ2v) is 9.41. The van der Waals surface area contributed by atoms with Crippen LogP contribution in [0.3, 0.4) is 0 Å². The molecule has 0 radical (unpaired) electrons. The molecule has 0 fully saturated rings. The van der Waals surface area contributed by atoms with Crippen molar-refractivity contribution in [3.05, 3.63) is 76.0 Å². The molecular weight excluding hydrogens is 394 g/mol. The van der Waals surface area contributed by atoms with Gasteiger partial charge in [0.1, 0.15) is 0 Å². The summed E-state index contributed by atoms with van der Waals surface area (Å²) in [5, 5.41) is 1.83. The molecule has 2 heterocycles. The summed E-state index contributed by atoms with van der Waals surface area (Å²) >= 11 is 1.34. The fraction of sp³-hybridized carbons (Fsp3) is 0.200. The van der Waals surface area contributed by atoms with E-state index in [1.165, 1.54) is 27.8 Å². The highest BCUT2D eigenvalue weighted by atomic mass is 32.2. The number of sulfonamides is 1. The molecule has 1 atom stereocenters. The average molecular weight is 414 g/mol. The van der Waals surface area contributed by atoms with E-state index in [1.807, 2.05) is 42.8 Å². The molecule has 0 spiro atoms. The predicted octanol–water partition coefficient (Wildman–Crippen LogP) is 2.97. The lowest BCUT2D eigenvalue weighted by Gasteiger charge is -2.24. The fourth-order valence-electron chi connectivity index (χ4n) is 3.39. The van der Waals surface area contributed by atoms with Crippen LogP contribution in [0.25, 0.3) is 0 Å². The van der Waals surface area contributed by atoms with Crippen molar-refractivity contribution in [2.75, 3.05) is 4.31 Å². The summed E-state index contributed by atoms with van der Waals surface area (Å²) in [6.45, 7) is 1.89. The number of fused-ring (bicyclic) bond motifs is 1. The van der Waals surface area contributed by atoms with Gasteiger partial charge in [-0.2, -0.15) is 4.99 Å². The van der Waals surface area contributed by atoms with Crippen molar-refractivity contribution >= 4 is 33.0 Å². The minimum absolute atomic E-state index is 0.0904. The number of anilines is 1. The molecule has 1 aromatic heterocycles. The highest BCUT2D eigenvalue weighted by Gasteiger charge is 2.36. The first-order valence-electron chi connectivity index (χ1n) is 8.79. The third-order valence-electron chi connectivity index (χ3n) is 4.74. The summed E-state index contributed by atoms with van der Waals surface area (Å²) in [7, 11) is -1.99. The molecule has 28 heavy (non-hydrogen) atoms. The number of carbonyl (C=O) groups is 1. The van der Waals surface area contributed by atoms with E-state index in [4.69, 9.17) is 0 Å². The number of para-hydroxylation sites is 1. The Morgan fingerprint density at radius 1 is 1.18 bits per heavy atom. The van der Waals surface area contributed by atoms with Crippen LogP contribution in [0.15, 0.2) is 70.0 Å². The van der Waals surface area contributed by atoms with Crippen LogP contribution in [-0.4, -0.2) is 24.9 Å². The second kappa shape index (κ2) is 7.03. The Morgan fingerprint density at radius 3 is 2.71 bits per heavy atom. The van der Waals surface area contributed by atoms with E-state index in [0.29, 0.717) is 16.9 Å². The van der Waals surface area contributed by atoms with Gasteiger partial charge < -0.3 is 4.57 Å². The molecule has 6 nitrogen and oxygen atoms in total. The smallest absolute Gasteiger partial charge is 0.279 e. The molecule has 0 saturated carbocycles. The maximum atomic E-state index is 13.3. The van der Waals surface area contributed by atoms with Crippen LogP contribution in [0, 0.1) is 0 Å². The molecule has 1 amide bonds. The Hall–Kier alpha value is -2.71. The first-order chi connectivity index (χ1) is 13.4. The van der Waals surface area contributed by atoms with E-state index in [2.05, 4.69) is 4.99 Å². The van der Waals surface area contributed by atoms with Crippen LogP contribution in [-0.2, 0) is 23.5 Å². The Balaban J connectivity index is 1.73. The summed E-state index contributed by atoms with van der Waals surface area (Å²) in [4.78, 5) is 17.3. The van der Waals surface area contributed by atoms with Gasteiger partial charge in [0.15, 0.2) is 4.80 Å². The number of nitrogens with zero attached hydrogens (tertiary/aromatic N) is 3. The van der Waals surface area contributed by atoms with Gasteiger partial charge in [-0.15, -0.1) is 11.3 Å². The molecule has 144 valence electrons. The molecule has 3 aromatic rings. The van der Waals surface area contributed by atoms with Gasteiger partial charge >= 0.3 is 0 Å². The van der Waals surface area contributed by atoms with Crippen LogP contribution in [0.2, 0.25) is 0 Å². The Labute approximate surface area is 167 Å². The van der Waals surface area contributed by atoms with Crippen molar-refractivity contribution in [2.45, 2.75) is 24.3 Å². The number of carbonyl (C=O) groups excluding carboxylic acids is 1. The van der Waals surface area contributed by atoms with E-state index in [9.17, 15) is 13.2 Å². The van der Waals surface area contributed by atoms with Crippen LogP contribution < -0.4 is 9.11 Å². The number of thiazole rings is 1. The highest BCUT2D eigenvalue weighted by molar-refractivity contribution is 7.92. The van der Waals surface area contributed by atoms with E-state index in [0.717, 1.165) is 5.56 Å². The highest BCUT2D eigenvalue weighted by Crippen LogP contribution is 2.36. The van der Waals surface area contributed by atoms with Crippen LogP contribution in [0.4, 0.5) is 5.69 Å². The Morgan fingerprint density at radius 2 is 1.96 bits per heavy atom. The summed E-state index contributed by atoms with van der Waals surface area (Å²) < 4.78 is 29.9. The zero-order chi connectivity index (χ0) is 19.9. The fourth-order valence-corrected chi connectivity index (χ4v) is 5.86. The van der Waals surface area contributed by atoms with Crippen molar-refractivity contribution in [3.63, 3.8) is 0 Å². The molecule has 2 aromatic carbocycles. The third-order valence-corrected chi connectivity index (χ3v) is 7.51. The van der Waals surface area contributed by atoms with Gasteiger partial charge in [0.05, 0.1) is 10.6 Å². The molecule has 0 bridgehead atoms. The first kappa shape index (κ1) is 18.6. The predicted molar refractivity (Wildman–Crippen MR) is 109 cm³/mol. The summed E-state index contributed by atoms with van der Waals surface area (Å²) in [6, 6.07) is 13.4. The van der Waals surface area contributed by atoms with Crippen LogP contribution in [0.1, 0.15) is 22.8 Å². The molecule has 4 rings (SSSR count). The molecule has 0 N–H and O–H groups in total. The molecule has 8 heteroatoms.